The average molecular weight is 576 g/mol. The summed E-state index contributed by atoms with van der Waals surface area (Å²) in [4.78, 5) is 30.3. The smallest absolute Gasteiger partial charge is 0.254 e. The number of methoxy groups -OCH3 is 1. The molecule has 2 bridgehead atoms. The molecule has 5 aromatic rings. The number of piperidine rings is 1. The molecular weight excluding hydrogens is 538 g/mol. The number of ether oxygens (including phenoxy) is 1. The summed E-state index contributed by atoms with van der Waals surface area (Å²) in [7, 11) is 3.70. The van der Waals surface area contributed by atoms with Crippen LogP contribution in [0.4, 0.5) is 11.5 Å². The van der Waals surface area contributed by atoms with Crippen molar-refractivity contribution in [3.63, 3.8) is 0 Å². The van der Waals surface area contributed by atoms with E-state index in [9.17, 15) is 4.79 Å². The molecule has 1 aromatic carbocycles. The van der Waals surface area contributed by atoms with E-state index in [1.54, 1.807) is 13.3 Å². The van der Waals surface area contributed by atoms with E-state index in [2.05, 4.69) is 43.4 Å². The molecule has 2 saturated carbocycles. The largest absolute Gasteiger partial charge is 0.494 e. The molecule has 220 valence electrons. The van der Waals surface area contributed by atoms with E-state index in [4.69, 9.17) is 14.7 Å². The molecule has 1 aliphatic heterocycles. The topological polar surface area (TPSA) is 90.1 Å². The Hall–Kier alpha value is -4.40. The second-order valence-corrected chi connectivity index (χ2v) is 12.8. The van der Waals surface area contributed by atoms with Gasteiger partial charge in [0.25, 0.3) is 5.91 Å². The van der Waals surface area contributed by atoms with Crippen LogP contribution in [0.2, 0.25) is 0 Å². The van der Waals surface area contributed by atoms with E-state index in [0.29, 0.717) is 35.1 Å². The van der Waals surface area contributed by atoms with Crippen LogP contribution >= 0.6 is 0 Å². The summed E-state index contributed by atoms with van der Waals surface area (Å²) < 4.78 is 10.3. The minimum Gasteiger partial charge on any atom is -0.494 e. The molecule has 1 saturated heterocycles. The van der Waals surface area contributed by atoms with Gasteiger partial charge in [-0.25, -0.2) is 9.97 Å². The maximum Gasteiger partial charge on any atom is 0.254 e. The van der Waals surface area contributed by atoms with Crippen molar-refractivity contribution in [1.29, 1.82) is 0 Å². The van der Waals surface area contributed by atoms with E-state index in [0.717, 1.165) is 70.2 Å². The van der Waals surface area contributed by atoms with Crippen LogP contribution in [-0.2, 0) is 13.6 Å². The minimum absolute atomic E-state index is 0.0861. The highest BCUT2D eigenvalue weighted by molar-refractivity contribution is 6.00. The zero-order chi connectivity index (χ0) is 29.4. The first-order valence-corrected chi connectivity index (χ1v) is 15.4. The molecular formula is C34H37N7O2. The van der Waals surface area contributed by atoms with Crippen LogP contribution in [0.5, 0.6) is 5.75 Å². The first kappa shape index (κ1) is 26.2. The van der Waals surface area contributed by atoms with Crippen LogP contribution in [-0.4, -0.2) is 54.6 Å². The van der Waals surface area contributed by atoms with Gasteiger partial charge in [0.05, 0.1) is 18.3 Å². The summed E-state index contributed by atoms with van der Waals surface area (Å²) in [5, 5.41) is 4.54. The van der Waals surface area contributed by atoms with Gasteiger partial charge < -0.3 is 24.1 Å². The van der Waals surface area contributed by atoms with Crippen LogP contribution in [0.3, 0.4) is 0 Å². The molecule has 9 heteroatoms. The van der Waals surface area contributed by atoms with Crippen LogP contribution in [0, 0.1) is 24.7 Å². The number of nitrogens with zero attached hydrogens (tertiary/aromatic N) is 6. The zero-order valence-corrected chi connectivity index (χ0v) is 25.2. The molecule has 4 aromatic heterocycles. The SMILES string of the molecule is COc1cc(C(=O)N2CC3CCC2[C@@H]3C)cc2nc(-c3cc4ccc(Nc5ccncc5C)nc4n3CC3CC3)n(C)c12. The van der Waals surface area contributed by atoms with E-state index >= 15 is 0 Å². The van der Waals surface area contributed by atoms with Gasteiger partial charge in [-0.3, -0.25) is 9.78 Å². The Morgan fingerprint density at radius 1 is 1.09 bits per heavy atom. The van der Waals surface area contributed by atoms with Crippen molar-refractivity contribution in [3.8, 4) is 17.3 Å². The third kappa shape index (κ3) is 4.27. The number of anilines is 2. The number of carbonyl (C=O) groups is 1. The molecule has 5 heterocycles. The van der Waals surface area contributed by atoms with Crippen molar-refractivity contribution >= 4 is 39.5 Å². The van der Waals surface area contributed by atoms with Crippen molar-refractivity contribution in [3.05, 3.63) is 59.9 Å². The number of carbonyl (C=O) groups excluding carboxylic acids is 1. The summed E-state index contributed by atoms with van der Waals surface area (Å²) >= 11 is 0. The summed E-state index contributed by atoms with van der Waals surface area (Å²) in [6, 6.07) is 12.5. The summed E-state index contributed by atoms with van der Waals surface area (Å²) in [6.45, 7) is 6.07. The third-order valence-corrected chi connectivity index (χ3v) is 10.1. The Bertz CT molecular complexity index is 1900. The number of rotatable bonds is 7. The number of aryl methyl sites for hydroxylation is 2. The van der Waals surface area contributed by atoms with Crippen molar-refractivity contribution in [2.45, 2.75) is 52.1 Å². The molecule has 43 heavy (non-hydrogen) atoms. The molecule has 8 rings (SSSR count). The first-order valence-electron chi connectivity index (χ1n) is 15.4. The Morgan fingerprint density at radius 2 is 1.95 bits per heavy atom. The Kier molecular flexibility index (Phi) is 6.00. The second-order valence-electron chi connectivity index (χ2n) is 12.8. The number of hydrogen-bond acceptors (Lipinski definition) is 6. The Labute approximate surface area is 250 Å². The van der Waals surface area contributed by atoms with E-state index < -0.39 is 0 Å². The maximum atomic E-state index is 13.8. The number of imidazole rings is 1. The number of likely N-dealkylation sites (tertiary alicyclic amines) is 1. The lowest BCUT2D eigenvalue weighted by Crippen LogP contribution is -2.38. The van der Waals surface area contributed by atoms with Crippen molar-refractivity contribution < 1.29 is 9.53 Å². The molecule has 1 amide bonds. The third-order valence-electron chi connectivity index (χ3n) is 10.1. The summed E-state index contributed by atoms with van der Waals surface area (Å²) in [5.74, 6) is 4.22. The summed E-state index contributed by atoms with van der Waals surface area (Å²) in [6.07, 6.45) is 8.42. The number of fused-ring (bicyclic) bond motifs is 4. The molecule has 2 unspecified atom stereocenters. The number of pyridine rings is 2. The highest BCUT2D eigenvalue weighted by Crippen LogP contribution is 2.44. The number of hydrogen-bond donors (Lipinski definition) is 1. The average Bonchev–Trinajstić information content (AvgIpc) is 3.42. The molecule has 3 atom stereocenters. The highest BCUT2D eigenvalue weighted by atomic mass is 16.5. The molecule has 0 radical (unpaired) electrons. The maximum absolute atomic E-state index is 13.8. The van der Waals surface area contributed by atoms with E-state index in [1.807, 2.05) is 44.4 Å². The fourth-order valence-electron chi connectivity index (χ4n) is 7.41. The lowest BCUT2D eigenvalue weighted by molar-refractivity contribution is 0.0696. The molecule has 3 fully saturated rings. The molecule has 0 spiro atoms. The number of aromatic nitrogens is 5. The van der Waals surface area contributed by atoms with Crippen molar-refractivity contribution in [1.82, 2.24) is 29.0 Å². The van der Waals surface area contributed by atoms with Crippen LogP contribution in [0.25, 0.3) is 33.6 Å². The standard InChI is InChI=1S/C34H37N7O2/c1-19-16-35-12-11-25(19)36-30-10-8-22-14-28(40(32(22)38-30)17-21-5-6-21)33-37-26-13-24(15-29(43-4)31(26)39(33)3)34(42)41-18-23-7-9-27(41)20(23)2/h8,10-16,20-21,23,27H,5-7,9,17-18H2,1-4H3,(H,35,36,38)/t20-,23?,27?/m1/s1. The molecule has 9 nitrogen and oxygen atoms in total. The number of amides is 1. The zero-order valence-electron chi connectivity index (χ0n) is 25.2. The van der Waals surface area contributed by atoms with Gasteiger partial charge >= 0.3 is 0 Å². The monoisotopic (exact) mass is 575 g/mol. The van der Waals surface area contributed by atoms with Gasteiger partial charge in [-0.15, -0.1) is 0 Å². The Balaban J connectivity index is 1.21. The van der Waals surface area contributed by atoms with Crippen LogP contribution in [0.15, 0.2) is 48.8 Å². The predicted octanol–water partition coefficient (Wildman–Crippen LogP) is 6.33. The summed E-state index contributed by atoms with van der Waals surface area (Å²) in [5.41, 5.74) is 6.32. The van der Waals surface area contributed by atoms with Crippen LogP contribution in [0.1, 0.15) is 48.5 Å². The van der Waals surface area contributed by atoms with Gasteiger partial charge in [-0.05, 0) is 92.3 Å². The van der Waals surface area contributed by atoms with E-state index in [1.165, 1.54) is 19.3 Å². The van der Waals surface area contributed by atoms with Gasteiger partial charge in [-0.2, -0.15) is 0 Å². The van der Waals surface area contributed by atoms with Gasteiger partial charge in [-0.1, -0.05) is 6.92 Å². The Morgan fingerprint density at radius 3 is 2.67 bits per heavy atom. The molecule has 2 aliphatic carbocycles. The first-order chi connectivity index (χ1) is 20.9. The fourth-order valence-corrected chi connectivity index (χ4v) is 7.41. The van der Waals surface area contributed by atoms with E-state index in [-0.39, 0.29) is 5.91 Å². The van der Waals surface area contributed by atoms with Crippen LogP contribution < -0.4 is 10.1 Å². The van der Waals surface area contributed by atoms with Crippen molar-refractivity contribution in [2.75, 3.05) is 19.0 Å². The van der Waals surface area contributed by atoms with Gasteiger partial charge in [0.1, 0.15) is 22.7 Å². The fraction of sp³-hybridized carbons (Fsp3) is 0.412. The van der Waals surface area contributed by atoms with Gasteiger partial charge in [0.2, 0.25) is 0 Å². The number of nitrogens with one attached hydrogen (secondary N) is 1. The molecule has 3 aliphatic rings. The van der Waals surface area contributed by atoms with Crippen molar-refractivity contribution in [2.24, 2.45) is 24.8 Å². The second kappa shape index (κ2) is 9.82. The lowest BCUT2D eigenvalue weighted by Gasteiger charge is -2.27. The lowest BCUT2D eigenvalue weighted by atomic mass is 10.0. The normalized spacial score (nSPS) is 21.3. The van der Waals surface area contributed by atoms with Gasteiger partial charge in [0, 0.05) is 55.2 Å². The minimum atomic E-state index is 0.0861. The molecule has 1 N–H and O–H groups in total. The highest BCUT2D eigenvalue weighted by Gasteiger charge is 2.46. The van der Waals surface area contributed by atoms with Gasteiger partial charge in [0.15, 0.2) is 5.82 Å². The predicted molar refractivity (Wildman–Crippen MR) is 168 cm³/mol. The number of benzene rings is 1. The quantitative estimate of drug-likeness (QED) is 0.244.